The van der Waals surface area contributed by atoms with Crippen molar-refractivity contribution in [2.75, 3.05) is 19.6 Å². The van der Waals surface area contributed by atoms with Crippen molar-refractivity contribution in [2.24, 2.45) is 5.92 Å². The van der Waals surface area contributed by atoms with Crippen molar-refractivity contribution < 1.29 is 24.3 Å². The molecule has 0 aromatic carbocycles. The van der Waals surface area contributed by atoms with Gasteiger partial charge in [-0.1, -0.05) is 0 Å². The molecule has 0 saturated carbocycles. The molecule has 2 saturated heterocycles. The van der Waals surface area contributed by atoms with E-state index in [0.29, 0.717) is 25.9 Å². The molecule has 7 heteroatoms. The van der Waals surface area contributed by atoms with E-state index in [1.54, 1.807) is 4.90 Å². The van der Waals surface area contributed by atoms with Crippen LogP contribution in [0.1, 0.15) is 32.1 Å². The first-order valence-electron chi connectivity index (χ1n) is 6.83. The summed E-state index contributed by atoms with van der Waals surface area (Å²) in [5.41, 5.74) is 0. The van der Waals surface area contributed by atoms with E-state index in [9.17, 15) is 19.2 Å². The Morgan fingerprint density at radius 1 is 1.10 bits per heavy atom. The van der Waals surface area contributed by atoms with Crippen LogP contribution in [0.3, 0.4) is 0 Å². The van der Waals surface area contributed by atoms with Gasteiger partial charge in [0.05, 0.1) is 5.92 Å². The summed E-state index contributed by atoms with van der Waals surface area (Å²) in [4.78, 5) is 48.4. The van der Waals surface area contributed by atoms with E-state index in [4.69, 9.17) is 5.11 Å². The summed E-state index contributed by atoms with van der Waals surface area (Å²) < 4.78 is 0. The molecule has 0 aromatic rings. The summed E-state index contributed by atoms with van der Waals surface area (Å²) in [6, 6.07) is 0. The molecule has 7 nitrogen and oxygen atoms in total. The van der Waals surface area contributed by atoms with Crippen molar-refractivity contribution in [1.29, 1.82) is 0 Å². The normalized spacial score (nSPS) is 20.6. The first kappa shape index (κ1) is 14.5. The molecule has 0 atom stereocenters. The van der Waals surface area contributed by atoms with Crippen LogP contribution in [-0.4, -0.2) is 58.2 Å². The maximum atomic E-state index is 12.0. The highest BCUT2D eigenvalue weighted by Crippen LogP contribution is 2.18. The van der Waals surface area contributed by atoms with Crippen molar-refractivity contribution in [2.45, 2.75) is 32.1 Å². The molecule has 2 aliphatic heterocycles. The third kappa shape index (κ3) is 3.15. The number of likely N-dealkylation sites (tertiary alicyclic amines) is 2. The molecule has 1 N–H and O–H groups in total. The van der Waals surface area contributed by atoms with Gasteiger partial charge in [0.1, 0.15) is 0 Å². The average Bonchev–Trinajstić information content (AvgIpc) is 2.75. The molecule has 2 heterocycles. The number of imide groups is 1. The Balaban J connectivity index is 1.77. The van der Waals surface area contributed by atoms with Gasteiger partial charge in [0.15, 0.2) is 0 Å². The van der Waals surface area contributed by atoms with Gasteiger partial charge in [-0.3, -0.25) is 24.1 Å². The topological polar surface area (TPSA) is 95.0 Å². The maximum absolute atomic E-state index is 12.0. The number of carbonyl (C=O) groups is 4. The molecule has 2 rings (SSSR count). The van der Waals surface area contributed by atoms with Crippen LogP contribution in [0.4, 0.5) is 0 Å². The molecule has 20 heavy (non-hydrogen) atoms. The summed E-state index contributed by atoms with van der Waals surface area (Å²) in [7, 11) is 0. The van der Waals surface area contributed by atoms with Gasteiger partial charge in [0.2, 0.25) is 17.7 Å². The molecule has 110 valence electrons. The van der Waals surface area contributed by atoms with E-state index in [2.05, 4.69) is 0 Å². The maximum Gasteiger partial charge on any atom is 0.306 e. The van der Waals surface area contributed by atoms with Gasteiger partial charge in [-0.25, -0.2) is 0 Å². The number of amides is 3. The third-order valence-electron chi connectivity index (χ3n) is 3.90. The minimum Gasteiger partial charge on any atom is -0.481 e. The number of hydrogen-bond acceptors (Lipinski definition) is 4. The summed E-state index contributed by atoms with van der Waals surface area (Å²) in [5, 5.41) is 8.88. The van der Waals surface area contributed by atoms with E-state index in [0.717, 1.165) is 4.90 Å². The number of rotatable bonds is 4. The van der Waals surface area contributed by atoms with Crippen LogP contribution in [-0.2, 0) is 19.2 Å². The Hall–Kier alpha value is -1.92. The fraction of sp³-hybridized carbons (Fsp3) is 0.692. The SMILES string of the molecule is O=C(O)C1CCN(C(=O)CCN2C(=O)CCC2=O)CC1. The zero-order valence-electron chi connectivity index (χ0n) is 11.2. The summed E-state index contributed by atoms with van der Waals surface area (Å²) in [5.74, 6) is -1.74. The fourth-order valence-electron chi connectivity index (χ4n) is 2.61. The lowest BCUT2D eigenvalue weighted by Gasteiger charge is -2.30. The number of piperidine rings is 1. The minimum atomic E-state index is -0.814. The molecular formula is C13H18N2O5. The smallest absolute Gasteiger partial charge is 0.306 e. The second-order valence-electron chi connectivity index (χ2n) is 5.18. The van der Waals surface area contributed by atoms with Crippen LogP contribution in [0.25, 0.3) is 0 Å². The van der Waals surface area contributed by atoms with Crippen LogP contribution < -0.4 is 0 Å². The van der Waals surface area contributed by atoms with Gasteiger partial charge in [-0.2, -0.15) is 0 Å². The van der Waals surface area contributed by atoms with E-state index in [-0.39, 0.29) is 49.4 Å². The second-order valence-corrected chi connectivity index (χ2v) is 5.18. The zero-order valence-corrected chi connectivity index (χ0v) is 11.2. The molecule has 2 aliphatic rings. The lowest BCUT2D eigenvalue weighted by atomic mass is 9.97. The molecule has 0 aromatic heterocycles. The highest BCUT2D eigenvalue weighted by Gasteiger charge is 2.31. The van der Waals surface area contributed by atoms with Gasteiger partial charge >= 0.3 is 5.97 Å². The number of carboxylic acids is 1. The Morgan fingerprint density at radius 2 is 1.65 bits per heavy atom. The largest absolute Gasteiger partial charge is 0.481 e. The van der Waals surface area contributed by atoms with Gasteiger partial charge in [-0.15, -0.1) is 0 Å². The average molecular weight is 282 g/mol. The van der Waals surface area contributed by atoms with Gasteiger partial charge in [-0.05, 0) is 12.8 Å². The Morgan fingerprint density at radius 3 is 2.15 bits per heavy atom. The minimum absolute atomic E-state index is 0.120. The fourth-order valence-corrected chi connectivity index (χ4v) is 2.61. The van der Waals surface area contributed by atoms with E-state index in [1.165, 1.54) is 0 Å². The summed E-state index contributed by atoms with van der Waals surface area (Å²) in [6.07, 6.45) is 1.51. The Labute approximate surface area is 116 Å². The van der Waals surface area contributed by atoms with Crippen LogP contribution in [0, 0.1) is 5.92 Å². The second kappa shape index (κ2) is 6.02. The lowest BCUT2D eigenvalue weighted by molar-refractivity contribution is -0.146. The lowest BCUT2D eigenvalue weighted by Crippen LogP contribution is -2.42. The van der Waals surface area contributed by atoms with Gasteiger partial charge < -0.3 is 10.0 Å². The number of carbonyl (C=O) groups excluding carboxylic acids is 3. The molecule has 0 spiro atoms. The molecule has 0 unspecified atom stereocenters. The predicted octanol–water partition coefficient (Wildman–Crippen LogP) is -0.151. The molecule has 2 fully saturated rings. The number of carboxylic acid groups (broad SMARTS) is 1. The van der Waals surface area contributed by atoms with Crippen LogP contribution in [0.5, 0.6) is 0 Å². The Bertz CT molecular complexity index is 424. The number of aliphatic carboxylic acids is 1. The monoisotopic (exact) mass is 282 g/mol. The van der Waals surface area contributed by atoms with E-state index < -0.39 is 5.97 Å². The molecule has 3 amide bonds. The summed E-state index contributed by atoms with van der Waals surface area (Å²) in [6.45, 7) is 0.991. The van der Waals surface area contributed by atoms with Crippen molar-refractivity contribution in [3.05, 3.63) is 0 Å². The molecule has 0 aliphatic carbocycles. The highest BCUT2D eigenvalue weighted by atomic mass is 16.4. The van der Waals surface area contributed by atoms with Crippen LogP contribution >= 0.6 is 0 Å². The van der Waals surface area contributed by atoms with Gasteiger partial charge in [0.25, 0.3) is 0 Å². The highest BCUT2D eigenvalue weighted by molar-refractivity contribution is 6.02. The first-order valence-corrected chi connectivity index (χ1v) is 6.83. The van der Waals surface area contributed by atoms with Crippen molar-refractivity contribution in [3.8, 4) is 0 Å². The van der Waals surface area contributed by atoms with Crippen molar-refractivity contribution in [3.63, 3.8) is 0 Å². The first-order chi connectivity index (χ1) is 9.49. The van der Waals surface area contributed by atoms with Gasteiger partial charge in [0, 0.05) is 38.9 Å². The Kier molecular flexibility index (Phi) is 4.36. The van der Waals surface area contributed by atoms with Crippen molar-refractivity contribution in [1.82, 2.24) is 9.80 Å². The van der Waals surface area contributed by atoms with E-state index >= 15 is 0 Å². The van der Waals surface area contributed by atoms with Crippen LogP contribution in [0.2, 0.25) is 0 Å². The molecule has 0 bridgehead atoms. The van der Waals surface area contributed by atoms with Crippen molar-refractivity contribution >= 4 is 23.7 Å². The summed E-state index contributed by atoms with van der Waals surface area (Å²) >= 11 is 0. The predicted molar refractivity (Wildman–Crippen MR) is 67.5 cm³/mol. The molecular weight excluding hydrogens is 264 g/mol. The zero-order chi connectivity index (χ0) is 14.7. The third-order valence-corrected chi connectivity index (χ3v) is 3.90. The standard InChI is InChI=1S/C13H18N2O5/c16-10(5-8-15-11(17)1-2-12(15)18)14-6-3-9(4-7-14)13(19)20/h9H,1-8H2,(H,19,20). The quantitative estimate of drug-likeness (QED) is 0.723. The number of hydrogen-bond donors (Lipinski definition) is 1. The molecule has 0 radical (unpaired) electrons. The van der Waals surface area contributed by atoms with Crippen LogP contribution in [0.15, 0.2) is 0 Å². The van der Waals surface area contributed by atoms with E-state index in [1.807, 2.05) is 0 Å². The number of nitrogens with zero attached hydrogens (tertiary/aromatic N) is 2.